The predicted octanol–water partition coefficient (Wildman–Crippen LogP) is 2.58. The molecule has 20 heavy (non-hydrogen) atoms. The molecule has 0 unspecified atom stereocenters. The SMILES string of the molecule is c1cnc2c(N3CCC4(CC3)OCCO4)cccc2c1. The van der Waals surface area contributed by atoms with Gasteiger partial charge in [0.05, 0.1) is 24.4 Å². The van der Waals surface area contributed by atoms with Gasteiger partial charge in [0.25, 0.3) is 0 Å². The fourth-order valence-corrected chi connectivity index (χ4v) is 3.22. The quantitative estimate of drug-likeness (QED) is 0.797. The molecule has 0 atom stereocenters. The zero-order valence-electron chi connectivity index (χ0n) is 11.4. The van der Waals surface area contributed by atoms with Gasteiger partial charge in [-0.15, -0.1) is 0 Å². The molecule has 0 radical (unpaired) electrons. The van der Waals surface area contributed by atoms with E-state index < -0.39 is 0 Å². The van der Waals surface area contributed by atoms with E-state index in [1.807, 2.05) is 12.3 Å². The van der Waals surface area contributed by atoms with Crippen molar-refractivity contribution in [1.29, 1.82) is 0 Å². The van der Waals surface area contributed by atoms with E-state index in [1.54, 1.807) is 0 Å². The molecule has 1 aromatic carbocycles. The highest BCUT2D eigenvalue weighted by Gasteiger charge is 2.40. The minimum absolute atomic E-state index is 0.311. The molecule has 3 heterocycles. The number of aromatic nitrogens is 1. The molecule has 2 aliphatic heterocycles. The van der Waals surface area contributed by atoms with Gasteiger partial charge in [0, 0.05) is 37.5 Å². The molecule has 2 saturated heterocycles. The monoisotopic (exact) mass is 270 g/mol. The van der Waals surface area contributed by atoms with Crippen molar-refractivity contribution in [1.82, 2.24) is 4.98 Å². The van der Waals surface area contributed by atoms with Crippen molar-refractivity contribution in [2.45, 2.75) is 18.6 Å². The summed E-state index contributed by atoms with van der Waals surface area (Å²) in [6, 6.07) is 10.5. The predicted molar refractivity (Wildman–Crippen MR) is 77.8 cm³/mol. The Hall–Kier alpha value is -1.65. The smallest absolute Gasteiger partial charge is 0.171 e. The zero-order valence-corrected chi connectivity index (χ0v) is 11.4. The van der Waals surface area contributed by atoms with E-state index in [2.05, 4.69) is 34.1 Å². The Morgan fingerprint density at radius 1 is 1.00 bits per heavy atom. The number of rotatable bonds is 1. The molecule has 2 aromatic rings. The standard InChI is InChI=1S/C16H18N2O2/c1-3-13-4-2-8-17-15(13)14(5-1)18-9-6-16(7-10-18)19-11-12-20-16/h1-5,8H,6-7,9-12H2. The number of ether oxygens (including phenoxy) is 2. The first-order chi connectivity index (χ1) is 9.86. The van der Waals surface area contributed by atoms with Gasteiger partial charge in [-0.05, 0) is 12.1 Å². The number of anilines is 1. The average Bonchev–Trinajstić information content (AvgIpc) is 2.96. The van der Waals surface area contributed by atoms with Crippen molar-refractivity contribution >= 4 is 16.6 Å². The Morgan fingerprint density at radius 3 is 2.55 bits per heavy atom. The lowest BCUT2D eigenvalue weighted by Crippen LogP contribution is -2.45. The number of nitrogens with zero attached hydrogens (tertiary/aromatic N) is 2. The molecule has 4 heteroatoms. The van der Waals surface area contributed by atoms with Gasteiger partial charge in [-0.25, -0.2) is 0 Å². The normalized spacial score (nSPS) is 21.7. The van der Waals surface area contributed by atoms with Crippen LogP contribution in [0, 0.1) is 0 Å². The first kappa shape index (κ1) is 12.1. The Labute approximate surface area is 118 Å². The molecule has 0 amide bonds. The van der Waals surface area contributed by atoms with Crippen LogP contribution < -0.4 is 4.90 Å². The molecule has 0 aliphatic carbocycles. The molecule has 0 N–H and O–H groups in total. The number of para-hydroxylation sites is 1. The third-order valence-electron chi connectivity index (χ3n) is 4.29. The molecule has 2 fully saturated rings. The highest BCUT2D eigenvalue weighted by molar-refractivity contribution is 5.90. The van der Waals surface area contributed by atoms with Crippen molar-refractivity contribution in [2.75, 3.05) is 31.2 Å². The number of piperidine rings is 1. The molecular weight excluding hydrogens is 252 g/mol. The van der Waals surface area contributed by atoms with E-state index in [9.17, 15) is 0 Å². The fraction of sp³-hybridized carbons (Fsp3) is 0.438. The molecule has 1 spiro atoms. The molecular formula is C16H18N2O2. The van der Waals surface area contributed by atoms with Crippen LogP contribution in [0.25, 0.3) is 10.9 Å². The van der Waals surface area contributed by atoms with Crippen LogP contribution in [0.2, 0.25) is 0 Å². The molecule has 4 nitrogen and oxygen atoms in total. The maximum atomic E-state index is 5.79. The highest BCUT2D eigenvalue weighted by Crippen LogP contribution is 2.34. The second kappa shape index (κ2) is 4.72. The molecule has 1 aromatic heterocycles. The lowest BCUT2D eigenvalue weighted by Gasteiger charge is -2.38. The van der Waals surface area contributed by atoms with Gasteiger partial charge in [0.2, 0.25) is 0 Å². The topological polar surface area (TPSA) is 34.6 Å². The first-order valence-corrected chi connectivity index (χ1v) is 7.23. The zero-order chi connectivity index (χ0) is 13.4. The first-order valence-electron chi connectivity index (χ1n) is 7.23. The summed E-state index contributed by atoms with van der Waals surface area (Å²) in [4.78, 5) is 6.94. The van der Waals surface area contributed by atoms with Gasteiger partial charge < -0.3 is 14.4 Å². The number of benzene rings is 1. The van der Waals surface area contributed by atoms with E-state index in [4.69, 9.17) is 9.47 Å². The number of hydrogen-bond acceptors (Lipinski definition) is 4. The van der Waals surface area contributed by atoms with Crippen molar-refractivity contribution < 1.29 is 9.47 Å². The van der Waals surface area contributed by atoms with Crippen LogP contribution in [-0.4, -0.2) is 37.1 Å². The summed E-state index contributed by atoms with van der Waals surface area (Å²) in [7, 11) is 0. The fourth-order valence-electron chi connectivity index (χ4n) is 3.22. The Balaban J connectivity index is 1.61. The largest absolute Gasteiger partial charge is 0.369 e. The molecule has 0 saturated carbocycles. The number of pyridine rings is 1. The maximum absolute atomic E-state index is 5.79. The van der Waals surface area contributed by atoms with E-state index in [1.165, 1.54) is 11.1 Å². The third-order valence-corrected chi connectivity index (χ3v) is 4.29. The molecule has 4 rings (SSSR count). The van der Waals surface area contributed by atoms with Crippen LogP contribution in [-0.2, 0) is 9.47 Å². The van der Waals surface area contributed by atoms with Crippen LogP contribution in [0.1, 0.15) is 12.8 Å². The van der Waals surface area contributed by atoms with Crippen molar-refractivity contribution in [3.05, 3.63) is 36.5 Å². The summed E-state index contributed by atoms with van der Waals surface area (Å²) in [6.07, 6.45) is 3.72. The van der Waals surface area contributed by atoms with Gasteiger partial charge >= 0.3 is 0 Å². The van der Waals surface area contributed by atoms with Crippen LogP contribution in [0.4, 0.5) is 5.69 Å². The summed E-state index contributed by atoms with van der Waals surface area (Å²) in [5.41, 5.74) is 2.30. The molecule has 2 aliphatic rings. The minimum Gasteiger partial charge on any atom is -0.369 e. The van der Waals surface area contributed by atoms with E-state index in [0.29, 0.717) is 0 Å². The Bertz CT molecular complexity index is 607. The van der Waals surface area contributed by atoms with Crippen molar-refractivity contribution in [3.8, 4) is 0 Å². The number of hydrogen-bond donors (Lipinski definition) is 0. The maximum Gasteiger partial charge on any atom is 0.171 e. The van der Waals surface area contributed by atoms with Gasteiger partial charge in [-0.3, -0.25) is 4.98 Å². The van der Waals surface area contributed by atoms with E-state index in [0.717, 1.165) is 44.7 Å². The summed E-state index contributed by atoms with van der Waals surface area (Å²) < 4.78 is 11.6. The summed E-state index contributed by atoms with van der Waals surface area (Å²) in [5, 5.41) is 1.19. The Kier molecular flexibility index (Phi) is 2.86. The summed E-state index contributed by atoms with van der Waals surface area (Å²) in [5.74, 6) is -0.311. The molecule has 104 valence electrons. The van der Waals surface area contributed by atoms with E-state index >= 15 is 0 Å². The van der Waals surface area contributed by atoms with Crippen molar-refractivity contribution in [3.63, 3.8) is 0 Å². The van der Waals surface area contributed by atoms with Crippen LogP contribution in [0.3, 0.4) is 0 Å². The van der Waals surface area contributed by atoms with Crippen LogP contribution in [0.5, 0.6) is 0 Å². The highest BCUT2D eigenvalue weighted by atomic mass is 16.7. The minimum atomic E-state index is -0.311. The van der Waals surface area contributed by atoms with Gasteiger partial charge in [-0.2, -0.15) is 0 Å². The Morgan fingerprint density at radius 2 is 1.75 bits per heavy atom. The van der Waals surface area contributed by atoms with Gasteiger partial charge in [0.15, 0.2) is 5.79 Å². The lowest BCUT2D eigenvalue weighted by molar-refractivity contribution is -0.169. The summed E-state index contributed by atoms with van der Waals surface area (Å²) >= 11 is 0. The van der Waals surface area contributed by atoms with Crippen LogP contribution in [0.15, 0.2) is 36.5 Å². The average molecular weight is 270 g/mol. The van der Waals surface area contributed by atoms with E-state index in [-0.39, 0.29) is 5.79 Å². The second-order valence-electron chi connectivity index (χ2n) is 5.45. The molecule has 0 bridgehead atoms. The second-order valence-corrected chi connectivity index (χ2v) is 5.45. The van der Waals surface area contributed by atoms with Crippen LogP contribution >= 0.6 is 0 Å². The third kappa shape index (κ3) is 1.96. The lowest BCUT2D eigenvalue weighted by atomic mass is 10.0. The summed E-state index contributed by atoms with van der Waals surface area (Å²) in [6.45, 7) is 3.37. The van der Waals surface area contributed by atoms with Gasteiger partial charge in [-0.1, -0.05) is 18.2 Å². The van der Waals surface area contributed by atoms with Crippen molar-refractivity contribution in [2.24, 2.45) is 0 Å². The van der Waals surface area contributed by atoms with Gasteiger partial charge in [0.1, 0.15) is 0 Å². The number of fused-ring (bicyclic) bond motifs is 1.